The van der Waals surface area contributed by atoms with Gasteiger partial charge in [-0.15, -0.1) is 0 Å². The highest BCUT2D eigenvalue weighted by molar-refractivity contribution is 5.01. The van der Waals surface area contributed by atoms with Gasteiger partial charge in [-0.3, -0.25) is 0 Å². The van der Waals surface area contributed by atoms with Crippen molar-refractivity contribution in [1.82, 2.24) is 0 Å². The molecule has 222 valence electrons. The van der Waals surface area contributed by atoms with E-state index < -0.39 is 10.8 Å². The first-order valence-corrected chi connectivity index (χ1v) is 16.2. The molecule has 5 heteroatoms. The number of rotatable bonds is 5. The van der Waals surface area contributed by atoms with Crippen LogP contribution >= 0.6 is 0 Å². The van der Waals surface area contributed by atoms with E-state index in [0.29, 0.717) is 12.8 Å². The van der Waals surface area contributed by atoms with Gasteiger partial charge in [0.1, 0.15) is 0 Å². The molecule has 0 heterocycles. The van der Waals surface area contributed by atoms with E-state index in [1.165, 1.54) is 109 Å². The topological polar surface area (TPSA) is 101 Å². The molecule has 1 aliphatic rings. The van der Waals surface area contributed by atoms with Crippen molar-refractivity contribution in [2.45, 2.75) is 154 Å². The Hall–Kier alpha value is -0.200. The first kappa shape index (κ1) is 34.8. The van der Waals surface area contributed by atoms with Crippen molar-refractivity contribution < 1.29 is 25.5 Å². The third-order valence-electron chi connectivity index (χ3n) is 9.69. The summed E-state index contributed by atoms with van der Waals surface area (Å²) in [6, 6.07) is 0. The molecule has 0 radical (unpaired) electrons. The molecule has 37 heavy (non-hydrogen) atoms. The summed E-state index contributed by atoms with van der Waals surface area (Å²) in [6.45, 7) is -1.41. The number of aliphatic hydroxyl groups is 5. The molecule has 1 aliphatic carbocycles. The van der Waals surface area contributed by atoms with E-state index in [-0.39, 0.29) is 39.0 Å². The normalized spacial score (nSPS) is 25.7. The van der Waals surface area contributed by atoms with Crippen molar-refractivity contribution in [3.63, 3.8) is 0 Å². The lowest BCUT2D eigenvalue weighted by Gasteiger charge is -2.51. The molecule has 1 fully saturated rings. The summed E-state index contributed by atoms with van der Waals surface area (Å²) in [5.74, 6) is -0.343. The predicted molar refractivity (Wildman–Crippen MR) is 155 cm³/mol. The van der Waals surface area contributed by atoms with E-state index in [2.05, 4.69) is 0 Å². The highest BCUT2D eigenvalue weighted by Crippen LogP contribution is 2.49. The third-order valence-corrected chi connectivity index (χ3v) is 9.69. The van der Waals surface area contributed by atoms with Gasteiger partial charge in [0.05, 0.1) is 26.4 Å². The Morgan fingerprint density at radius 1 is 0.378 bits per heavy atom. The second kappa shape index (κ2) is 22.6. The van der Waals surface area contributed by atoms with Crippen LogP contribution in [0.3, 0.4) is 0 Å². The van der Waals surface area contributed by atoms with Gasteiger partial charge in [-0.25, -0.2) is 0 Å². The number of aliphatic hydroxyl groups excluding tert-OH is 5. The summed E-state index contributed by atoms with van der Waals surface area (Å²) < 4.78 is 0. The molecular weight excluding hydrogens is 464 g/mol. The van der Waals surface area contributed by atoms with Gasteiger partial charge in [-0.2, -0.15) is 0 Å². The summed E-state index contributed by atoms with van der Waals surface area (Å²) in [4.78, 5) is 0. The first-order chi connectivity index (χ1) is 18.2. The molecule has 1 rings (SSSR count). The zero-order chi connectivity index (χ0) is 27.1. The summed E-state index contributed by atoms with van der Waals surface area (Å²) in [5, 5.41) is 52.2. The van der Waals surface area contributed by atoms with Gasteiger partial charge in [0.15, 0.2) is 0 Å². The Morgan fingerprint density at radius 2 is 0.676 bits per heavy atom. The van der Waals surface area contributed by atoms with Crippen LogP contribution in [-0.2, 0) is 0 Å². The fourth-order valence-corrected chi connectivity index (χ4v) is 6.78. The molecule has 0 bridgehead atoms. The van der Waals surface area contributed by atoms with Crippen molar-refractivity contribution in [1.29, 1.82) is 0 Å². The van der Waals surface area contributed by atoms with E-state index >= 15 is 0 Å². The molecule has 0 amide bonds. The van der Waals surface area contributed by atoms with E-state index in [1.807, 2.05) is 0 Å². The maximum atomic E-state index is 10.5. The Balaban J connectivity index is 2.71. The van der Waals surface area contributed by atoms with Crippen LogP contribution in [0, 0.1) is 16.7 Å². The number of hydrogen-bond acceptors (Lipinski definition) is 5. The van der Waals surface area contributed by atoms with Gasteiger partial charge >= 0.3 is 0 Å². The van der Waals surface area contributed by atoms with Crippen molar-refractivity contribution >= 4 is 0 Å². The van der Waals surface area contributed by atoms with E-state index in [4.69, 9.17) is 0 Å². The Kier molecular flexibility index (Phi) is 21.3. The lowest BCUT2D eigenvalue weighted by molar-refractivity contribution is -0.159. The summed E-state index contributed by atoms with van der Waals surface area (Å²) in [7, 11) is 0. The lowest BCUT2D eigenvalue weighted by atomic mass is 9.55. The quantitative estimate of drug-likeness (QED) is 0.267. The van der Waals surface area contributed by atoms with Crippen molar-refractivity contribution in [3.05, 3.63) is 0 Å². The third kappa shape index (κ3) is 12.7. The molecule has 1 unspecified atom stereocenters. The molecule has 0 aliphatic heterocycles. The lowest BCUT2D eigenvalue weighted by Crippen LogP contribution is -2.57. The average Bonchev–Trinajstić information content (AvgIpc) is 2.93. The number of hydrogen-bond donors (Lipinski definition) is 5. The highest BCUT2D eigenvalue weighted by Gasteiger charge is 2.53. The minimum atomic E-state index is -1.09. The van der Waals surface area contributed by atoms with Crippen molar-refractivity contribution in [2.24, 2.45) is 16.7 Å². The average molecular weight is 529 g/mol. The van der Waals surface area contributed by atoms with Crippen LogP contribution in [0.4, 0.5) is 0 Å². The molecule has 0 aromatic rings. The first-order valence-electron chi connectivity index (χ1n) is 16.2. The van der Waals surface area contributed by atoms with Crippen LogP contribution in [-0.4, -0.2) is 58.6 Å². The van der Waals surface area contributed by atoms with Crippen LogP contribution in [0.2, 0.25) is 0 Å². The molecule has 1 atom stereocenters. The molecule has 0 spiro atoms. The van der Waals surface area contributed by atoms with Crippen LogP contribution in [0.15, 0.2) is 0 Å². The minimum Gasteiger partial charge on any atom is -0.396 e. The van der Waals surface area contributed by atoms with Gasteiger partial charge in [0.25, 0.3) is 0 Å². The maximum Gasteiger partial charge on any atom is 0.0520 e. The fourth-order valence-electron chi connectivity index (χ4n) is 6.78. The molecule has 5 N–H and O–H groups in total. The highest BCUT2D eigenvalue weighted by atomic mass is 16.3. The van der Waals surface area contributed by atoms with E-state index in [9.17, 15) is 25.5 Å². The molecule has 0 aromatic carbocycles. The predicted octanol–water partition coefficient (Wildman–Crippen LogP) is 6.91. The van der Waals surface area contributed by atoms with Gasteiger partial charge in [-0.05, 0) is 18.8 Å². The molecule has 0 saturated heterocycles. The Labute approximate surface area is 229 Å². The molecular formula is C32H64O5. The molecule has 5 nitrogen and oxygen atoms in total. The van der Waals surface area contributed by atoms with Gasteiger partial charge in [-0.1, -0.05) is 141 Å². The summed E-state index contributed by atoms with van der Waals surface area (Å²) >= 11 is 0. The van der Waals surface area contributed by atoms with Gasteiger partial charge < -0.3 is 25.5 Å². The fraction of sp³-hybridized carbons (Fsp3) is 1.00. The van der Waals surface area contributed by atoms with Crippen LogP contribution < -0.4 is 0 Å². The second-order valence-corrected chi connectivity index (χ2v) is 12.3. The molecule has 0 aromatic heterocycles. The van der Waals surface area contributed by atoms with Crippen molar-refractivity contribution in [2.75, 3.05) is 33.0 Å². The monoisotopic (exact) mass is 528 g/mol. The van der Waals surface area contributed by atoms with Crippen LogP contribution in [0.5, 0.6) is 0 Å². The summed E-state index contributed by atoms with van der Waals surface area (Å²) in [5.41, 5.74) is -2.08. The molecule has 1 saturated carbocycles. The maximum absolute atomic E-state index is 10.5. The van der Waals surface area contributed by atoms with Crippen LogP contribution in [0.25, 0.3) is 0 Å². The Morgan fingerprint density at radius 3 is 0.946 bits per heavy atom. The smallest absolute Gasteiger partial charge is 0.0520 e. The SMILES string of the molecule is OCC1CCCCCCCCCCCCCCCCCCCCCCCCC(CO)(CO)C1(CO)CO. The van der Waals surface area contributed by atoms with Gasteiger partial charge in [0, 0.05) is 17.4 Å². The van der Waals surface area contributed by atoms with Crippen LogP contribution in [0.1, 0.15) is 154 Å². The zero-order valence-electron chi connectivity index (χ0n) is 24.3. The standard InChI is InChI=1S/C32H64O5/c33-25-30-23-21-19-17-15-13-11-9-7-5-3-1-2-4-6-8-10-12-14-16-18-20-22-24-31(26-34,27-35)32(30,28-36)29-37/h30,33-37H,1-29H2. The van der Waals surface area contributed by atoms with E-state index in [1.54, 1.807) is 0 Å². The van der Waals surface area contributed by atoms with Crippen molar-refractivity contribution in [3.8, 4) is 0 Å². The summed E-state index contributed by atoms with van der Waals surface area (Å²) in [6.07, 6.45) is 29.0. The zero-order valence-corrected chi connectivity index (χ0v) is 24.3. The largest absolute Gasteiger partial charge is 0.396 e. The second-order valence-electron chi connectivity index (χ2n) is 12.3. The minimum absolute atomic E-state index is 0.150. The Bertz CT molecular complexity index is 490. The van der Waals surface area contributed by atoms with Gasteiger partial charge in [0.2, 0.25) is 0 Å². The van der Waals surface area contributed by atoms with E-state index in [0.717, 1.165) is 32.1 Å².